The molecular weight excluding hydrogens is 543 g/mol. The van der Waals surface area contributed by atoms with Crippen LogP contribution in [0.15, 0.2) is 63.8 Å². The van der Waals surface area contributed by atoms with Gasteiger partial charge in [-0.3, -0.25) is 9.59 Å². The topological polar surface area (TPSA) is 96.2 Å². The summed E-state index contributed by atoms with van der Waals surface area (Å²) in [6.45, 7) is 3.31. The van der Waals surface area contributed by atoms with E-state index in [-0.39, 0.29) is 22.5 Å². The highest BCUT2D eigenvalue weighted by molar-refractivity contribution is 5.80. The number of carbonyl (C=O) groups excluding carboxylic acids is 1. The van der Waals surface area contributed by atoms with Gasteiger partial charge in [0.1, 0.15) is 17.1 Å². The largest absolute Gasteiger partial charge is 0.493 e. The summed E-state index contributed by atoms with van der Waals surface area (Å²) in [4.78, 5) is 25.4. The van der Waals surface area contributed by atoms with Crippen molar-refractivity contribution in [2.75, 3.05) is 27.4 Å². The van der Waals surface area contributed by atoms with Crippen LogP contribution >= 0.6 is 0 Å². The molecule has 11 heteroatoms. The zero-order valence-corrected chi connectivity index (χ0v) is 22.8. The third-order valence-corrected chi connectivity index (χ3v) is 6.19. The molecule has 4 aromatic rings. The Bertz CT molecular complexity index is 1630. The van der Waals surface area contributed by atoms with Crippen molar-refractivity contribution in [1.82, 2.24) is 5.32 Å². The standard InChI is InChI=1S/C30H28F3NO7/c1-17-5-6-18(2)23(13-17)40-28-27(36)21-9-8-20(15-24(21)41-29(28)30(31,32)33)39-16-26(35)34-12-11-19-7-10-22(37-3)25(14-19)38-4/h5-10,13-15H,11-12,16H2,1-4H3,(H,34,35). The lowest BCUT2D eigenvalue weighted by molar-refractivity contribution is -0.154. The van der Waals surface area contributed by atoms with Gasteiger partial charge in [-0.05, 0) is 67.3 Å². The van der Waals surface area contributed by atoms with Gasteiger partial charge in [0.2, 0.25) is 11.2 Å². The van der Waals surface area contributed by atoms with Crippen molar-refractivity contribution >= 4 is 16.9 Å². The molecule has 0 bridgehead atoms. The molecule has 3 aromatic carbocycles. The molecule has 1 N–H and O–H groups in total. The Balaban J connectivity index is 1.46. The van der Waals surface area contributed by atoms with E-state index in [1.54, 1.807) is 38.1 Å². The maximum atomic E-state index is 13.9. The summed E-state index contributed by atoms with van der Waals surface area (Å²) in [5, 5.41) is 2.57. The Hall–Kier alpha value is -4.67. The molecule has 4 rings (SSSR count). The third kappa shape index (κ3) is 6.92. The summed E-state index contributed by atoms with van der Waals surface area (Å²) in [5.41, 5.74) is 0.862. The molecule has 41 heavy (non-hydrogen) atoms. The molecule has 1 aromatic heterocycles. The van der Waals surface area contributed by atoms with E-state index in [0.717, 1.165) is 17.2 Å². The van der Waals surface area contributed by atoms with Crippen LogP contribution in [0.1, 0.15) is 22.5 Å². The SMILES string of the molecule is COc1ccc(CCNC(=O)COc2ccc3c(=O)c(Oc4cc(C)ccc4C)c(C(F)(F)F)oc3c2)cc1OC. The molecule has 0 saturated carbocycles. The van der Waals surface area contributed by atoms with Crippen LogP contribution in [0, 0.1) is 13.8 Å². The number of carbonyl (C=O) groups is 1. The molecule has 216 valence electrons. The molecule has 1 heterocycles. The number of fused-ring (bicyclic) bond motifs is 1. The van der Waals surface area contributed by atoms with Gasteiger partial charge >= 0.3 is 6.18 Å². The van der Waals surface area contributed by atoms with Crippen molar-refractivity contribution in [1.29, 1.82) is 0 Å². The summed E-state index contributed by atoms with van der Waals surface area (Å²) in [7, 11) is 3.07. The van der Waals surface area contributed by atoms with Gasteiger partial charge in [-0.2, -0.15) is 13.2 Å². The van der Waals surface area contributed by atoms with Crippen LogP contribution in [0.5, 0.6) is 28.7 Å². The van der Waals surface area contributed by atoms with Gasteiger partial charge in [0.15, 0.2) is 18.1 Å². The number of halogens is 3. The number of amides is 1. The van der Waals surface area contributed by atoms with Gasteiger partial charge in [-0.1, -0.05) is 18.2 Å². The second kappa shape index (κ2) is 12.2. The maximum absolute atomic E-state index is 13.9. The average molecular weight is 572 g/mol. The second-order valence-electron chi connectivity index (χ2n) is 9.19. The van der Waals surface area contributed by atoms with E-state index in [0.29, 0.717) is 30.0 Å². The van der Waals surface area contributed by atoms with Crippen molar-refractivity contribution in [2.45, 2.75) is 26.4 Å². The Morgan fingerprint density at radius 1 is 0.927 bits per heavy atom. The predicted octanol–water partition coefficient (Wildman–Crippen LogP) is 5.98. The van der Waals surface area contributed by atoms with Gasteiger partial charge in [-0.15, -0.1) is 0 Å². The molecule has 0 aliphatic rings. The minimum Gasteiger partial charge on any atom is -0.493 e. The Kier molecular flexibility index (Phi) is 8.75. The molecule has 0 fully saturated rings. The first-order chi connectivity index (χ1) is 19.5. The number of methoxy groups -OCH3 is 2. The number of benzene rings is 3. The summed E-state index contributed by atoms with van der Waals surface area (Å²) in [6, 6.07) is 14.2. The molecule has 0 radical (unpaired) electrons. The van der Waals surface area contributed by atoms with E-state index in [1.165, 1.54) is 32.4 Å². The molecule has 8 nitrogen and oxygen atoms in total. The lowest BCUT2D eigenvalue weighted by Gasteiger charge is -2.15. The Morgan fingerprint density at radius 2 is 1.68 bits per heavy atom. The van der Waals surface area contributed by atoms with Crippen LogP contribution in [0.4, 0.5) is 13.2 Å². The second-order valence-corrected chi connectivity index (χ2v) is 9.19. The van der Waals surface area contributed by atoms with Crippen LogP contribution in [0.2, 0.25) is 0 Å². The maximum Gasteiger partial charge on any atom is 0.453 e. The van der Waals surface area contributed by atoms with Crippen LogP contribution in [0.25, 0.3) is 11.0 Å². The molecule has 0 aliphatic carbocycles. The fourth-order valence-electron chi connectivity index (χ4n) is 4.04. The monoisotopic (exact) mass is 571 g/mol. The van der Waals surface area contributed by atoms with Gasteiger partial charge in [0.05, 0.1) is 19.6 Å². The van der Waals surface area contributed by atoms with Crippen molar-refractivity contribution < 1.29 is 41.3 Å². The number of aryl methyl sites for hydroxylation is 2. The van der Waals surface area contributed by atoms with Crippen molar-refractivity contribution in [3.05, 3.63) is 87.3 Å². The summed E-state index contributed by atoms with van der Waals surface area (Å²) < 4.78 is 68.2. The van der Waals surface area contributed by atoms with E-state index < -0.39 is 35.6 Å². The predicted molar refractivity (Wildman–Crippen MR) is 145 cm³/mol. The van der Waals surface area contributed by atoms with E-state index in [9.17, 15) is 22.8 Å². The smallest absolute Gasteiger partial charge is 0.453 e. The molecule has 0 saturated heterocycles. The van der Waals surface area contributed by atoms with Gasteiger partial charge in [-0.25, -0.2) is 0 Å². The zero-order chi connectivity index (χ0) is 29.7. The summed E-state index contributed by atoms with van der Waals surface area (Å²) >= 11 is 0. The molecule has 0 spiro atoms. The minimum atomic E-state index is -5.01. The highest BCUT2D eigenvalue weighted by Crippen LogP contribution is 2.39. The quantitative estimate of drug-likeness (QED) is 0.250. The summed E-state index contributed by atoms with van der Waals surface area (Å²) in [6.07, 6.45) is -4.50. The molecular formula is C30H28F3NO7. The van der Waals surface area contributed by atoms with Crippen LogP contribution in [0.3, 0.4) is 0 Å². The third-order valence-electron chi connectivity index (χ3n) is 6.19. The first-order valence-corrected chi connectivity index (χ1v) is 12.5. The number of alkyl halides is 3. The number of ether oxygens (including phenoxy) is 4. The number of hydrogen-bond acceptors (Lipinski definition) is 7. The lowest BCUT2D eigenvalue weighted by Crippen LogP contribution is -2.30. The van der Waals surface area contributed by atoms with E-state index >= 15 is 0 Å². The van der Waals surface area contributed by atoms with Crippen LogP contribution in [-0.2, 0) is 17.4 Å². The number of nitrogens with one attached hydrogen (secondary N) is 1. The Morgan fingerprint density at radius 3 is 2.39 bits per heavy atom. The highest BCUT2D eigenvalue weighted by Gasteiger charge is 2.40. The van der Waals surface area contributed by atoms with Gasteiger partial charge in [0.25, 0.3) is 11.7 Å². The molecule has 0 atom stereocenters. The fourth-order valence-corrected chi connectivity index (χ4v) is 4.04. The highest BCUT2D eigenvalue weighted by atomic mass is 19.4. The Labute approximate surface area is 233 Å². The molecule has 0 aliphatic heterocycles. The number of hydrogen-bond donors (Lipinski definition) is 1. The molecule has 1 amide bonds. The van der Waals surface area contributed by atoms with E-state index in [2.05, 4.69) is 5.32 Å². The fraction of sp³-hybridized carbons (Fsp3) is 0.267. The van der Waals surface area contributed by atoms with Crippen molar-refractivity contribution in [2.24, 2.45) is 0 Å². The number of rotatable bonds is 10. The van der Waals surface area contributed by atoms with Crippen molar-refractivity contribution in [3.63, 3.8) is 0 Å². The first kappa shape index (κ1) is 29.3. The van der Waals surface area contributed by atoms with Gasteiger partial charge in [0, 0.05) is 12.6 Å². The molecule has 0 unspecified atom stereocenters. The normalized spacial score (nSPS) is 11.3. The van der Waals surface area contributed by atoms with Crippen LogP contribution in [-0.4, -0.2) is 33.3 Å². The van der Waals surface area contributed by atoms with Crippen molar-refractivity contribution in [3.8, 4) is 28.7 Å². The summed E-state index contributed by atoms with van der Waals surface area (Å²) in [5.74, 6) is -1.65. The average Bonchev–Trinajstić information content (AvgIpc) is 2.94. The van der Waals surface area contributed by atoms with E-state index in [4.69, 9.17) is 23.4 Å². The zero-order valence-electron chi connectivity index (χ0n) is 22.8. The van der Waals surface area contributed by atoms with E-state index in [1.807, 2.05) is 6.07 Å². The van der Waals surface area contributed by atoms with Gasteiger partial charge < -0.3 is 28.7 Å². The lowest BCUT2D eigenvalue weighted by atomic mass is 10.1. The first-order valence-electron chi connectivity index (χ1n) is 12.5. The minimum absolute atomic E-state index is 0.0482. The van der Waals surface area contributed by atoms with Crippen LogP contribution < -0.4 is 29.7 Å².